The number of carbonyl (C=O) groups is 2. The maximum absolute atomic E-state index is 12.1. The number of thioether (sulfide) groups is 1. The van der Waals surface area contributed by atoms with E-state index < -0.39 is 6.03 Å². The van der Waals surface area contributed by atoms with Gasteiger partial charge in [0.1, 0.15) is 0 Å². The molecule has 2 heterocycles. The third-order valence-electron chi connectivity index (χ3n) is 4.35. The van der Waals surface area contributed by atoms with Crippen LogP contribution in [0.2, 0.25) is 0 Å². The average Bonchev–Trinajstić information content (AvgIpc) is 3.29. The lowest BCUT2D eigenvalue weighted by atomic mass is 9.95. The first-order valence-corrected chi connectivity index (χ1v) is 10.2. The fourth-order valence-corrected chi connectivity index (χ4v) is 4.01. The van der Waals surface area contributed by atoms with E-state index in [4.69, 9.17) is 4.42 Å². The largest absolute Gasteiger partial charge is 0.461 e. The minimum Gasteiger partial charge on any atom is -0.461 e. The number of imide groups is 1. The first-order valence-electron chi connectivity index (χ1n) is 9.26. The molecule has 0 unspecified atom stereocenters. The molecule has 3 amide bonds. The summed E-state index contributed by atoms with van der Waals surface area (Å²) >= 11 is 1.28. The summed E-state index contributed by atoms with van der Waals surface area (Å²) in [6, 6.07) is 3.46. The molecule has 0 atom stereocenters. The van der Waals surface area contributed by atoms with Gasteiger partial charge >= 0.3 is 6.03 Å². The van der Waals surface area contributed by atoms with Crippen molar-refractivity contribution in [1.29, 1.82) is 0 Å². The zero-order valence-electron chi connectivity index (χ0n) is 15.6. The Labute approximate surface area is 162 Å². The molecule has 146 valence electrons. The Kier molecular flexibility index (Phi) is 6.54. The summed E-state index contributed by atoms with van der Waals surface area (Å²) in [7, 11) is 0. The zero-order valence-corrected chi connectivity index (χ0v) is 16.4. The summed E-state index contributed by atoms with van der Waals surface area (Å²) in [4.78, 5) is 23.7. The number of hydrogen-bond donors (Lipinski definition) is 2. The lowest BCUT2D eigenvalue weighted by Crippen LogP contribution is -2.43. The number of rotatable bonds is 6. The van der Waals surface area contributed by atoms with Crippen molar-refractivity contribution < 1.29 is 14.0 Å². The average molecular weight is 391 g/mol. The van der Waals surface area contributed by atoms with E-state index >= 15 is 0 Å². The van der Waals surface area contributed by atoms with Crippen LogP contribution < -0.4 is 10.6 Å². The molecule has 27 heavy (non-hydrogen) atoms. The Hall–Kier alpha value is -2.29. The van der Waals surface area contributed by atoms with Crippen LogP contribution in [0.15, 0.2) is 28.0 Å². The lowest BCUT2D eigenvalue weighted by molar-refractivity contribution is -0.117. The molecule has 0 aliphatic heterocycles. The molecule has 1 aliphatic carbocycles. The third-order valence-corrected chi connectivity index (χ3v) is 5.29. The predicted octanol–water partition coefficient (Wildman–Crippen LogP) is 3.37. The van der Waals surface area contributed by atoms with Crippen molar-refractivity contribution in [1.82, 2.24) is 25.4 Å². The topological polar surface area (TPSA) is 102 Å². The summed E-state index contributed by atoms with van der Waals surface area (Å²) in [5, 5.41) is 14.2. The minimum absolute atomic E-state index is 0.0318. The van der Waals surface area contributed by atoms with Gasteiger partial charge in [-0.3, -0.25) is 14.7 Å². The molecule has 1 saturated carbocycles. The van der Waals surface area contributed by atoms with Crippen LogP contribution in [0.4, 0.5) is 4.79 Å². The quantitative estimate of drug-likeness (QED) is 0.732. The molecule has 1 fully saturated rings. The molecule has 9 heteroatoms. The molecule has 3 rings (SSSR count). The molecule has 0 aromatic carbocycles. The van der Waals surface area contributed by atoms with Gasteiger partial charge in [0.2, 0.25) is 11.7 Å². The normalized spacial score (nSPS) is 15.1. The van der Waals surface area contributed by atoms with Gasteiger partial charge in [0.25, 0.3) is 0 Å². The van der Waals surface area contributed by atoms with E-state index in [0.29, 0.717) is 22.8 Å². The monoisotopic (exact) mass is 391 g/mol. The first kappa shape index (κ1) is 19.5. The van der Waals surface area contributed by atoms with Crippen LogP contribution in [0, 0.1) is 0 Å². The molecule has 2 N–H and O–H groups in total. The Morgan fingerprint density at radius 2 is 2.07 bits per heavy atom. The highest BCUT2D eigenvalue weighted by Gasteiger charge is 2.25. The van der Waals surface area contributed by atoms with Crippen LogP contribution in [0.25, 0.3) is 11.6 Å². The van der Waals surface area contributed by atoms with E-state index in [0.717, 1.165) is 12.8 Å². The minimum atomic E-state index is -0.486. The maximum Gasteiger partial charge on any atom is 0.321 e. The number of hydrogen-bond acceptors (Lipinski definition) is 6. The molecule has 0 radical (unpaired) electrons. The SMILES string of the molecule is CC(C)NC(=O)NC(=O)CSc1nnc(-c2ccco2)n1C1CCCCC1. The van der Waals surface area contributed by atoms with Gasteiger partial charge in [-0.05, 0) is 38.8 Å². The van der Waals surface area contributed by atoms with Crippen LogP contribution in [0.3, 0.4) is 0 Å². The van der Waals surface area contributed by atoms with Crippen molar-refractivity contribution in [2.45, 2.75) is 63.2 Å². The molecule has 0 bridgehead atoms. The summed E-state index contributed by atoms with van der Waals surface area (Å²) in [5.41, 5.74) is 0. The van der Waals surface area contributed by atoms with E-state index in [-0.39, 0.29) is 17.7 Å². The van der Waals surface area contributed by atoms with Crippen molar-refractivity contribution in [2.75, 3.05) is 5.75 Å². The van der Waals surface area contributed by atoms with Gasteiger partial charge in [0.15, 0.2) is 10.9 Å². The highest BCUT2D eigenvalue weighted by Crippen LogP contribution is 2.35. The molecule has 0 spiro atoms. The Morgan fingerprint density at radius 1 is 1.30 bits per heavy atom. The van der Waals surface area contributed by atoms with Gasteiger partial charge in [0, 0.05) is 12.1 Å². The fourth-order valence-electron chi connectivity index (χ4n) is 3.21. The van der Waals surface area contributed by atoms with E-state index in [9.17, 15) is 9.59 Å². The smallest absolute Gasteiger partial charge is 0.321 e. The zero-order chi connectivity index (χ0) is 19.2. The van der Waals surface area contributed by atoms with Crippen LogP contribution in [0.1, 0.15) is 52.0 Å². The van der Waals surface area contributed by atoms with E-state index in [1.54, 1.807) is 6.26 Å². The highest BCUT2D eigenvalue weighted by molar-refractivity contribution is 7.99. The molecule has 8 nitrogen and oxygen atoms in total. The number of nitrogens with zero attached hydrogens (tertiary/aromatic N) is 3. The number of amides is 3. The molecule has 1 aliphatic rings. The Morgan fingerprint density at radius 3 is 2.74 bits per heavy atom. The van der Waals surface area contributed by atoms with E-state index in [1.165, 1.54) is 31.0 Å². The predicted molar refractivity (Wildman–Crippen MR) is 102 cm³/mol. The fraction of sp³-hybridized carbons (Fsp3) is 0.556. The van der Waals surface area contributed by atoms with Gasteiger partial charge in [-0.25, -0.2) is 4.79 Å². The van der Waals surface area contributed by atoms with E-state index in [2.05, 4.69) is 25.4 Å². The van der Waals surface area contributed by atoms with Crippen LogP contribution in [-0.4, -0.2) is 38.5 Å². The lowest BCUT2D eigenvalue weighted by Gasteiger charge is -2.25. The number of nitrogens with one attached hydrogen (secondary N) is 2. The highest BCUT2D eigenvalue weighted by atomic mass is 32.2. The van der Waals surface area contributed by atoms with Crippen molar-refractivity contribution in [3.63, 3.8) is 0 Å². The van der Waals surface area contributed by atoms with Gasteiger partial charge in [-0.2, -0.15) is 0 Å². The standard InChI is InChI=1S/C18H25N5O3S/c1-12(2)19-17(25)20-15(24)11-27-18-22-21-16(14-9-6-10-26-14)23(18)13-7-4-3-5-8-13/h6,9-10,12-13H,3-5,7-8,11H2,1-2H3,(H2,19,20,24,25). The third kappa shape index (κ3) is 5.12. The number of aromatic nitrogens is 3. The molecular formula is C18H25N5O3S. The summed E-state index contributed by atoms with van der Waals surface area (Å²) in [5.74, 6) is 1.08. The van der Waals surface area contributed by atoms with Crippen molar-refractivity contribution in [3.8, 4) is 11.6 Å². The van der Waals surface area contributed by atoms with Crippen molar-refractivity contribution in [2.24, 2.45) is 0 Å². The summed E-state index contributed by atoms with van der Waals surface area (Å²) in [6.07, 6.45) is 7.30. The second-order valence-electron chi connectivity index (χ2n) is 6.91. The summed E-state index contributed by atoms with van der Waals surface area (Å²) in [6.45, 7) is 3.67. The second-order valence-corrected chi connectivity index (χ2v) is 7.85. The van der Waals surface area contributed by atoms with Crippen molar-refractivity contribution >= 4 is 23.7 Å². The van der Waals surface area contributed by atoms with Gasteiger partial charge in [0.05, 0.1) is 12.0 Å². The summed E-state index contributed by atoms with van der Waals surface area (Å²) < 4.78 is 7.60. The number of urea groups is 1. The Balaban J connectivity index is 1.71. The van der Waals surface area contributed by atoms with Gasteiger partial charge < -0.3 is 9.73 Å². The molecule has 0 saturated heterocycles. The van der Waals surface area contributed by atoms with Crippen molar-refractivity contribution in [3.05, 3.63) is 18.4 Å². The molecular weight excluding hydrogens is 366 g/mol. The Bertz CT molecular complexity index is 766. The van der Waals surface area contributed by atoms with Crippen LogP contribution >= 0.6 is 11.8 Å². The van der Waals surface area contributed by atoms with Gasteiger partial charge in [-0.15, -0.1) is 10.2 Å². The number of furan rings is 1. The first-order chi connectivity index (χ1) is 13.0. The second kappa shape index (κ2) is 9.07. The van der Waals surface area contributed by atoms with E-state index in [1.807, 2.05) is 26.0 Å². The van der Waals surface area contributed by atoms with Crippen LogP contribution in [-0.2, 0) is 4.79 Å². The van der Waals surface area contributed by atoms with Gasteiger partial charge in [-0.1, -0.05) is 31.0 Å². The number of carbonyl (C=O) groups excluding carboxylic acids is 2. The van der Waals surface area contributed by atoms with Crippen LogP contribution in [0.5, 0.6) is 0 Å². The molecule has 2 aromatic rings. The maximum atomic E-state index is 12.1. The molecule has 2 aromatic heterocycles.